The third-order valence-electron chi connectivity index (χ3n) is 3.64. The summed E-state index contributed by atoms with van der Waals surface area (Å²) in [7, 11) is 2.16. The highest BCUT2D eigenvalue weighted by Gasteiger charge is 2.20. The highest BCUT2D eigenvalue weighted by Crippen LogP contribution is 2.25. The van der Waals surface area contributed by atoms with Gasteiger partial charge in [-0.2, -0.15) is 0 Å². The van der Waals surface area contributed by atoms with Crippen LogP contribution < -0.4 is 0 Å². The minimum absolute atomic E-state index is 0.198. The molecule has 1 fully saturated rings. The maximum absolute atomic E-state index is 9.63. The van der Waals surface area contributed by atoms with Gasteiger partial charge < -0.3 is 14.9 Å². The van der Waals surface area contributed by atoms with Crippen molar-refractivity contribution in [2.75, 3.05) is 46.4 Å². The Morgan fingerprint density at radius 3 is 2.50 bits per heavy atom. The zero-order valence-corrected chi connectivity index (χ0v) is 12.4. The molecular weight excluding hydrogens is 292 g/mol. The number of aliphatic hydroxyl groups is 1. The third kappa shape index (κ3) is 3.54. The lowest BCUT2D eigenvalue weighted by Gasteiger charge is -2.34. The smallest absolute Gasteiger partial charge is 0.0512 e. The highest BCUT2D eigenvalue weighted by atomic mass is 79.9. The second kappa shape index (κ2) is 6.66. The molecule has 0 spiro atoms. The minimum atomic E-state index is 0.198. The van der Waals surface area contributed by atoms with Crippen molar-refractivity contribution >= 4 is 15.9 Å². The lowest BCUT2D eigenvalue weighted by Crippen LogP contribution is -2.46. The van der Waals surface area contributed by atoms with E-state index in [0.29, 0.717) is 0 Å². The lowest BCUT2D eigenvalue weighted by molar-refractivity contribution is 0.132. The number of benzene rings is 1. The van der Waals surface area contributed by atoms with Gasteiger partial charge in [-0.05, 0) is 18.7 Å². The molecule has 18 heavy (non-hydrogen) atoms. The molecule has 0 bridgehead atoms. The maximum atomic E-state index is 9.63. The number of hydrogen-bond donors (Lipinski definition) is 1. The number of rotatable bonds is 4. The molecule has 1 aromatic rings. The van der Waals surface area contributed by atoms with Crippen LogP contribution in [-0.2, 0) is 0 Å². The zero-order chi connectivity index (χ0) is 13.0. The molecule has 1 atom stereocenters. The number of likely N-dealkylation sites (N-methyl/N-ethyl adjacent to an activating group) is 1. The zero-order valence-electron chi connectivity index (χ0n) is 10.8. The van der Waals surface area contributed by atoms with Gasteiger partial charge in [-0.3, -0.25) is 0 Å². The molecule has 0 aliphatic carbocycles. The molecule has 1 saturated heterocycles. The summed E-state index contributed by atoms with van der Waals surface area (Å²) in [6, 6.07) is 8.19. The van der Waals surface area contributed by atoms with Gasteiger partial charge in [-0.15, -0.1) is 0 Å². The summed E-state index contributed by atoms with van der Waals surface area (Å²) in [6.07, 6.45) is 0. The average Bonchev–Trinajstić information content (AvgIpc) is 2.39. The summed E-state index contributed by atoms with van der Waals surface area (Å²) >= 11 is 3.57. The Morgan fingerprint density at radius 1 is 1.22 bits per heavy atom. The van der Waals surface area contributed by atoms with Crippen molar-refractivity contribution in [1.29, 1.82) is 0 Å². The summed E-state index contributed by atoms with van der Waals surface area (Å²) in [5, 5.41) is 9.63. The van der Waals surface area contributed by atoms with Gasteiger partial charge in [0.05, 0.1) is 6.61 Å². The molecule has 0 radical (unpaired) electrons. The first-order valence-electron chi connectivity index (χ1n) is 6.47. The Hall–Kier alpha value is -0.420. The molecule has 1 heterocycles. The van der Waals surface area contributed by atoms with Gasteiger partial charge in [0.15, 0.2) is 0 Å². The van der Waals surface area contributed by atoms with Crippen LogP contribution in [0, 0.1) is 0 Å². The summed E-state index contributed by atoms with van der Waals surface area (Å²) in [6.45, 7) is 5.57. The van der Waals surface area contributed by atoms with Gasteiger partial charge in [0, 0.05) is 43.1 Å². The SMILES string of the molecule is CN1CCN(CC(CO)c2ccccc2Br)CC1. The fourth-order valence-corrected chi connectivity index (χ4v) is 3.01. The quantitative estimate of drug-likeness (QED) is 0.918. The van der Waals surface area contributed by atoms with Crippen LogP contribution in [0.5, 0.6) is 0 Å². The van der Waals surface area contributed by atoms with Gasteiger partial charge in [-0.1, -0.05) is 34.1 Å². The monoisotopic (exact) mass is 312 g/mol. The lowest BCUT2D eigenvalue weighted by atomic mass is 9.99. The second-order valence-corrected chi connectivity index (χ2v) is 5.86. The van der Waals surface area contributed by atoms with Crippen LogP contribution in [0.2, 0.25) is 0 Å². The summed E-state index contributed by atoms with van der Waals surface area (Å²) in [5.41, 5.74) is 1.21. The van der Waals surface area contributed by atoms with Gasteiger partial charge >= 0.3 is 0 Å². The van der Waals surface area contributed by atoms with E-state index in [-0.39, 0.29) is 12.5 Å². The Kier molecular flexibility index (Phi) is 5.18. The molecule has 0 saturated carbocycles. The first-order valence-corrected chi connectivity index (χ1v) is 7.26. The van der Waals surface area contributed by atoms with Crippen molar-refractivity contribution in [3.63, 3.8) is 0 Å². The van der Waals surface area contributed by atoms with Crippen LogP contribution in [0.15, 0.2) is 28.7 Å². The molecule has 1 aliphatic rings. The largest absolute Gasteiger partial charge is 0.396 e. The third-order valence-corrected chi connectivity index (χ3v) is 4.36. The Bertz CT molecular complexity index is 378. The van der Waals surface area contributed by atoms with Crippen LogP contribution in [0.25, 0.3) is 0 Å². The molecule has 0 amide bonds. The Morgan fingerprint density at radius 2 is 1.89 bits per heavy atom. The highest BCUT2D eigenvalue weighted by molar-refractivity contribution is 9.10. The molecule has 1 unspecified atom stereocenters. The van der Waals surface area contributed by atoms with Gasteiger partial charge in [0.25, 0.3) is 0 Å². The molecule has 3 nitrogen and oxygen atoms in total. The number of halogens is 1. The van der Waals surface area contributed by atoms with E-state index in [2.05, 4.69) is 38.8 Å². The van der Waals surface area contributed by atoms with E-state index in [4.69, 9.17) is 0 Å². The van der Waals surface area contributed by atoms with Crippen molar-refractivity contribution in [3.05, 3.63) is 34.3 Å². The first kappa shape index (κ1) is 14.0. The molecule has 0 aromatic heterocycles. The summed E-state index contributed by atoms with van der Waals surface area (Å²) in [5.74, 6) is 0.198. The van der Waals surface area contributed by atoms with Gasteiger partial charge in [0.1, 0.15) is 0 Å². The molecule has 2 rings (SSSR count). The van der Waals surface area contributed by atoms with Crippen LogP contribution in [0.4, 0.5) is 0 Å². The number of hydrogen-bond acceptors (Lipinski definition) is 3. The van der Waals surface area contributed by atoms with E-state index in [1.807, 2.05) is 18.2 Å². The van der Waals surface area contributed by atoms with Crippen LogP contribution >= 0.6 is 15.9 Å². The fraction of sp³-hybridized carbons (Fsp3) is 0.571. The maximum Gasteiger partial charge on any atom is 0.0512 e. The molecule has 100 valence electrons. The number of nitrogens with zero attached hydrogens (tertiary/aromatic N) is 2. The van der Waals surface area contributed by atoms with E-state index in [1.165, 1.54) is 5.56 Å². The van der Waals surface area contributed by atoms with Crippen molar-refractivity contribution in [2.45, 2.75) is 5.92 Å². The average molecular weight is 313 g/mol. The minimum Gasteiger partial charge on any atom is -0.396 e. The predicted molar refractivity (Wildman–Crippen MR) is 77.9 cm³/mol. The molecule has 1 aromatic carbocycles. The molecule has 1 N–H and O–H groups in total. The van der Waals surface area contributed by atoms with Crippen molar-refractivity contribution < 1.29 is 5.11 Å². The van der Waals surface area contributed by atoms with E-state index in [9.17, 15) is 5.11 Å². The van der Waals surface area contributed by atoms with Crippen LogP contribution in [-0.4, -0.2) is 61.3 Å². The first-order chi connectivity index (χ1) is 8.70. The van der Waals surface area contributed by atoms with Crippen LogP contribution in [0.1, 0.15) is 11.5 Å². The second-order valence-electron chi connectivity index (χ2n) is 5.00. The standard InChI is InChI=1S/C14H21BrN2O/c1-16-6-8-17(9-7-16)10-12(11-18)13-4-2-3-5-14(13)15/h2-5,12,18H,6-11H2,1H3. The van der Waals surface area contributed by atoms with Crippen molar-refractivity contribution in [2.24, 2.45) is 0 Å². The summed E-state index contributed by atoms with van der Waals surface area (Å²) in [4.78, 5) is 4.79. The molecular formula is C14H21BrN2O. The van der Waals surface area contributed by atoms with E-state index < -0.39 is 0 Å². The Labute approximate surface area is 118 Å². The number of aliphatic hydroxyl groups excluding tert-OH is 1. The van der Waals surface area contributed by atoms with E-state index >= 15 is 0 Å². The molecule has 1 aliphatic heterocycles. The predicted octanol–water partition coefficient (Wildman–Crippen LogP) is 1.77. The topological polar surface area (TPSA) is 26.7 Å². The van der Waals surface area contributed by atoms with E-state index in [0.717, 1.165) is 37.2 Å². The normalized spacial score (nSPS) is 19.9. The fourth-order valence-electron chi connectivity index (χ4n) is 2.40. The van der Waals surface area contributed by atoms with Crippen LogP contribution in [0.3, 0.4) is 0 Å². The Balaban J connectivity index is 1.99. The van der Waals surface area contributed by atoms with E-state index in [1.54, 1.807) is 0 Å². The van der Waals surface area contributed by atoms with Gasteiger partial charge in [-0.25, -0.2) is 0 Å². The van der Waals surface area contributed by atoms with Crippen molar-refractivity contribution in [1.82, 2.24) is 9.80 Å². The van der Waals surface area contributed by atoms with Crippen molar-refractivity contribution in [3.8, 4) is 0 Å². The van der Waals surface area contributed by atoms with Gasteiger partial charge in [0.2, 0.25) is 0 Å². The molecule has 4 heteroatoms. The summed E-state index contributed by atoms with van der Waals surface area (Å²) < 4.78 is 1.10. The number of piperazine rings is 1.